The lowest BCUT2D eigenvalue weighted by molar-refractivity contribution is -0.137. The molecule has 0 saturated heterocycles. The Balaban J connectivity index is 1.64. The molecular weight excluding hydrogens is 393 g/mol. The molecule has 1 aliphatic rings. The van der Waals surface area contributed by atoms with E-state index >= 15 is 0 Å². The Morgan fingerprint density at radius 3 is 2.52 bits per heavy atom. The van der Waals surface area contributed by atoms with Crippen LogP contribution in [0.5, 0.6) is 0 Å². The number of hydrogen-bond acceptors (Lipinski definition) is 2. The molecule has 1 aliphatic heterocycles. The Kier molecular flexibility index (Phi) is 4.60. The van der Waals surface area contributed by atoms with Crippen molar-refractivity contribution in [3.63, 3.8) is 0 Å². The zero-order valence-electron chi connectivity index (χ0n) is 14.9. The molecule has 0 fully saturated rings. The van der Waals surface area contributed by atoms with Crippen LogP contribution in [0.25, 0.3) is 11.4 Å². The number of rotatable bonds is 2. The van der Waals surface area contributed by atoms with E-state index in [2.05, 4.69) is 4.98 Å². The smallest absolute Gasteiger partial charge is 0.331 e. The Hall–Kier alpha value is -3.23. The monoisotopic (exact) mass is 407 g/mol. The van der Waals surface area contributed by atoms with Gasteiger partial charge >= 0.3 is 6.18 Å². The molecule has 2 aromatic carbocycles. The molecule has 9 heteroatoms. The van der Waals surface area contributed by atoms with Crippen LogP contribution >= 0.6 is 0 Å². The van der Waals surface area contributed by atoms with Gasteiger partial charge in [0, 0.05) is 24.7 Å². The van der Waals surface area contributed by atoms with E-state index in [0.717, 1.165) is 18.2 Å². The quantitative estimate of drug-likeness (QED) is 0.587. The van der Waals surface area contributed by atoms with Gasteiger partial charge in [-0.25, -0.2) is 13.8 Å². The first kappa shape index (κ1) is 19.1. The van der Waals surface area contributed by atoms with Gasteiger partial charge in [-0.15, -0.1) is 0 Å². The van der Waals surface area contributed by atoms with Crippen LogP contribution in [0.4, 0.5) is 22.0 Å². The molecule has 4 nitrogen and oxygen atoms in total. The summed E-state index contributed by atoms with van der Waals surface area (Å²) in [6, 6.07) is 7.86. The van der Waals surface area contributed by atoms with Gasteiger partial charge in [-0.1, -0.05) is 18.2 Å². The number of benzene rings is 2. The molecule has 1 aromatic heterocycles. The number of halogens is 5. The van der Waals surface area contributed by atoms with Crippen molar-refractivity contribution in [3.8, 4) is 11.4 Å². The van der Waals surface area contributed by atoms with Gasteiger partial charge in [0.1, 0.15) is 17.5 Å². The van der Waals surface area contributed by atoms with E-state index in [4.69, 9.17) is 0 Å². The van der Waals surface area contributed by atoms with Gasteiger partial charge < -0.3 is 9.47 Å². The number of nitrogens with zero attached hydrogens (tertiary/aromatic N) is 3. The van der Waals surface area contributed by atoms with E-state index in [9.17, 15) is 26.7 Å². The number of hydrogen-bond donors (Lipinski definition) is 0. The molecule has 0 bridgehead atoms. The van der Waals surface area contributed by atoms with Crippen molar-refractivity contribution in [2.75, 3.05) is 6.54 Å². The van der Waals surface area contributed by atoms with E-state index in [0.29, 0.717) is 11.8 Å². The first-order chi connectivity index (χ1) is 13.8. The van der Waals surface area contributed by atoms with Gasteiger partial charge in [-0.3, -0.25) is 4.79 Å². The van der Waals surface area contributed by atoms with Crippen molar-refractivity contribution >= 4 is 5.91 Å². The third kappa shape index (κ3) is 3.48. The highest BCUT2D eigenvalue weighted by atomic mass is 19.4. The van der Waals surface area contributed by atoms with Crippen molar-refractivity contribution in [2.24, 2.45) is 0 Å². The van der Waals surface area contributed by atoms with Gasteiger partial charge in [0.15, 0.2) is 0 Å². The summed E-state index contributed by atoms with van der Waals surface area (Å²) in [5.74, 6) is -2.21. The highest BCUT2D eigenvalue weighted by Crippen LogP contribution is 2.37. The minimum atomic E-state index is -4.53. The molecule has 0 aliphatic carbocycles. The predicted octanol–water partition coefficient (Wildman–Crippen LogP) is 4.50. The molecule has 150 valence electrons. The van der Waals surface area contributed by atoms with Crippen molar-refractivity contribution in [1.29, 1.82) is 0 Å². The maximum absolute atomic E-state index is 13.9. The fourth-order valence-corrected chi connectivity index (χ4v) is 3.43. The number of carbonyl (C=O) groups is 1. The van der Waals surface area contributed by atoms with E-state index in [1.54, 1.807) is 4.57 Å². The van der Waals surface area contributed by atoms with Crippen LogP contribution in [0.2, 0.25) is 0 Å². The van der Waals surface area contributed by atoms with Gasteiger partial charge in [-0.2, -0.15) is 13.2 Å². The zero-order valence-corrected chi connectivity index (χ0v) is 14.9. The molecule has 0 N–H and O–H groups in total. The summed E-state index contributed by atoms with van der Waals surface area (Å²) in [6.07, 6.45) is -3.12. The summed E-state index contributed by atoms with van der Waals surface area (Å²) in [4.78, 5) is 18.1. The molecule has 2 heterocycles. The average molecular weight is 407 g/mol. The lowest BCUT2D eigenvalue weighted by Crippen LogP contribution is -2.38. The molecule has 29 heavy (non-hydrogen) atoms. The predicted molar refractivity (Wildman–Crippen MR) is 93.8 cm³/mol. The Bertz CT molecular complexity index is 1090. The van der Waals surface area contributed by atoms with Crippen LogP contribution in [-0.4, -0.2) is 26.9 Å². The van der Waals surface area contributed by atoms with Crippen molar-refractivity contribution < 1.29 is 26.7 Å². The van der Waals surface area contributed by atoms with Crippen LogP contribution in [0.15, 0.2) is 48.7 Å². The third-order valence-electron chi connectivity index (χ3n) is 4.81. The minimum Gasteiger partial charge on any atom is -0.331 e. The Morgan fingerprint density at radius 2 is 1.79 bits per heavy atom. The van der Waals surface area contributed by atoms with Crippen LogP contribution < -0.4 is 0 Å². The van der Waals surface area contributed by atoms with Gasteiger partial charge in [0.2, 0.25) is 0 Å². The topological polar surface area (TPSA) is 38.1 Å². The van der Waals surface area contributed by atoms with Crippen LogP contribution in [0.3, 0.4) is 0 Å². The van der Waals surface area contributed by atoms with Gasteiger partial charge in [0.05, 0.1) is 29.6 Å². The molecule has 3 aromatic rings. The molecule has 0 radical (unpaired) electrons. The summed E-state index contributed by atoms with van der Waals surface area (Å²) in [6.45, 7) is 0.405. The SMILES string of the molecule is O=C(c1ccc(F)cc1F)N1CCn2c(cnc2-c2ccccc2C(F)(F)F)C1. The summed E-state index contributed by atoms with van der Waals surface area (Å²) < 4.78 is 68.6. The number of amides is 1. The van der Waals surface area contributed by atoms with E-state index in [-0.39, 0.29) is 36.6 Å². The fourth-order valence-electron chi connectivity index (χ4n) is 3.43. The second-order valence-electron chi connectivity index (χ2n) is 6.62. The number of fused-ring (bicyclic) bond motifs is 1. The lowest BCUT2D eigenvalue weighted by Gasteiger charge is -2.29. The van der Waals surface area contributed by atoms with Crippen molar-refractivity contribution in [3.05, 3.63) is 77.1 Å². The second kappa shape index (κ2) is 6.98. The summed E-state index contributed by atoms with van der Waals surface area (Å²) in [7, 11) is 0. The maximum Gasteiger partial charge on any atom is 0.417 e. The van der Waals surface area contributed by atoms with E-state index in [1.807, 2.05) is 0 Å². The summed E-state index contributed by atoms with van der Waals surface area (Å²) >= 11 is 0. The molecule has 0 atom stereocenters. The zero-order chi connectivity index (χ0) is 20.8. The molecular formula is C20H14F5N3O. The molecule has 0 unspecified atom stereocenters. The van der Waals surface area contributed by atoms with Gasteiger partial charge in [-0.05, 0) is 18.2 Å². The highest BCUT2D eigenvalue weighted by Gasteiger charge is 2.35. The van der Waals surface area contributed by atoms with E-state index in [1.165, 1.54) is 29.3 Å². The van der Waals surface area contributed by atoms with Crippen molar-refractivity contribution in [1.82, 2.24) is 14.5 Å². The summed E-state index contributed by atoms with van der Waals surface area (Å²) in [5.41, 5.74) is -0.572. The number of imidazole rings is 1. The molecule has 0 spiro atoms. The van der Waals surface area contributed by atoms with Gasteiger partial charge in [0.25, 0.3) is 5.91 Å². The van der Waals surface area contributed by atoms with Crippen LogP contribution in [0, 0.1) is 11.6 Å². The summed E-state index contributed by atoms with van der Waals surface area (Å²) in [5, 5.41) is 0. The lowest BCUT2D eigenvalue weighted by atomic mass is 10.1. The van der Waals surface area contributed by atoms with Crippen LogP contribution in [0.1, 0.15) is 21.6 Å². The first-order valence-corrected chi connectivity index (χ1v) is 8.71. The number of alkyl halides is 3. The third-order valence-corrected chi connectivity index (χ3v) is 4.81. The first-order valence-electron chi connectivity index (χ1n) is 8.71. The second-order valence-corrected chi connectivity index (χ2v) is 6.62. The Morgan fingerprint density at radius 1 is 1.03 bits per heavy atom. The number of aromatic nitrogens is 2. The standard InChI is InChI=1S/C20H14F5N3O/c21-12-5-6-15(17(22)9-12)19(29)27-7-8-28-13(11-27)10-26-18(28)14-3-1-2-4-16(14)20(23,24)25/h1-6,9-10H,7-8,11H2. The molecule has 4 rings (SSSR count). The van der Waals surface area contributed by atoms with Crippen molar-refractivity contribution in [2.45, 2.75) is 19.3 Å². The molecule has 1 amide bonds. The number of carbonyl (C=O) groups excluding carboxylic acids is 1. The Labute approximate surface area is 162 Å². The largest absolute Gasteiger partial charge is 0.417 e. The fraction of sp³-hybridized carbons (Fsp3) is 0.200. The minimum absolute atomic E-state index is 0.0457. The van der Waals surface area contributed by atoms with Crippen LogP contribution in [-0.2, 0) is 19.3 Å². The normalized spacial score (nSPS) is 14.0. The molecule has 0 saturated carbocycles. The average Bonchev–Trinajstić information content (AvgIpc) is 3.10. The maximum atomic E-state index is 13.9. The highest BCUT2D eigenvalue weighted by molar-refractivity contribution is 5.94. The van der Waals surface area contributed by atoms with E-state index < -0.39 is 29.3 Å².